The van der Waals surface area contributed by atoms with Gasteiger partial charge in [0.15, 0.2) is 6.29 Å². The van der Waals surface area contributed by atoms with Crippen molar-refractivity contribution in [1.82, 2.24) is 0 Å². The maximum Gasteiger partial charge on any atom is 0.316 e. The van der Waals surface area contributed by atoms with E-state index >= 15 is 0 Å². The van der Waals surface area contributed by atoms with Crippen LogP contribution in [0.5, 0.6) is 0 Å². The molecule has 2 unspecified atom stereocenters. The van der Waals surface area contributed by atoms with E-state index in [1.54, 1.807) is 0 Å². The summed E-state index contributed by atoms with van der Waals surface area (Å²) >= 11 is 0. The lowest BCUT2D eigenvalue weighted by molar-refractivity contribution is -0.162. The van der Waals surface area contributed by atoms with Crippen molar-refractivity contribution < 1.29 is 23.8 Å². The van der Waals surface area contributed by atoms with E-state index in [1.807, 2.05) is 0 Å². The van der Waals surface area contributed by atoms with Gasteiger partial charge in [-0.1, -0.05) is 0 Å². The summed E-state index contributed by atoms with van der Waals surface area (Å²) < 4.78 is 16.3. The number of hydrogen-bond acceptors (Lipinski definition) is 5. The van der Waals surface area contributed by atoms with Crippen LogP contribution in [0.25, 0.3) is 0 Å². The Hall–Kier alpha value is -0.940. The Labute approximate surface area is 126 Å². The number of rotatable bonds is 8. The Morgan fingerprint density at radius 3 is 2.67 bits per heavy atom. The van der Waals surface area contributed by atoms with Gasteiger partial charge in [0.25, 0.3) is 0 Å². The Morgan fingerprint density at radius 2 is 1.95 bits per heavy atom. The third-order valence-electron chi connectivity index (χ3n) is 4.06. The number of ketones is 1. The third-order valence-corrected chi connectivity index (χ3v) is 4.06. The molecule has 0 spiro atoms. The molecule has 1 saturated heterocycles. The highest BCUT2D eigenvalue weighted by atomic mass is 16.7. The van der Waals surface area contributed by atoms with E-state index in [0.717, 1.165) is 45.1 Å². The first-order valence-electron chi connectivity index (χ1n) is 8.20. The van der Waals surface area contributed by atoms with E-state index in [1.165, 1.54) is 6.42 Å². The molecule has 0 N–H and O–H groups in total. The van der Waals surface area contributed by atoms with E-state index in [4.69, 9.17) is 14.2 Å². The molecule has 5 nitrogen and oxygen atoms in total. The van der Waals surface area contributed by atoms with Crippen LogP contribution in [0.2, 0.25) is 0 Å². The van der Waals surface area contributed by atoms with E-state index in [-0.39, 0.29) is 18.0 Å². The van der Waals surface area contributed by atoms with E-state index in [9.17, 15) is 9.59 Å². The minimum Gasteiger partial charge on any atom is -0.465 e. The van der Waals surface area contributed by atoms with Crippen molar-refractivity contribution in [3.63, 3.8) is 0 Å². The van der Waals surface area contributed by atoms with Crippen LogP contribution in [0.3, 0.4) is 0 Å². The highest BCUT2D eigenvalue weighted by Crippen LogP contribution is 2.22. The van der Waals surface area contributed by atoms with Gasteiger partial charge in [0.2, 0.25) is 0 Å². The summed E-state index contributed by atoms with van der Waals surface area (Å²) in [7, 11) is 0. The highest BCUT2D eigenvalue weighted by Gasteiger charge is 2.32. The Kier molecular flexibility index (Phi) is 7.16. The van der Waals surface area contributed by atoms with Crippen LogP contribution in [0, 0.1) is 5.92 Å². The smallest absolute Gasteiger partial charge is 0.316 e. The maximum absolute atomic E-state index is 11.7. The fourth-order valence-corrected chi connectivity index (χ4v) is 2.78. The summed E-state index contributed by atoms with van der Waals surface area (Å²) in [6, 6.07) is 0. The standard InChI is InChI=1S/C16H26O5/c17-14-8-6-7-13(14)16(18)21-12-4-1-3-10-19-15-9-2-5-11-20-15/h13,15H,1-12H2. The van der Waals surface area contributed by atoms with Crippen LogP contribution in [0.4, 0.5) is 0 Å². The summed E-state index contributed by atoms with van der Waals surface area (Å²) in [6.45, 7) is 1.91. The second-order valence-electron chi connectivity index (χ2n) is 5.81. The number of hydrogen-bond donors (Lipinski definition) is 0. The molecular formula is C16H26O5. The first-order valence-corrected chi connectivity index (χ1v) is 8.20. The molecule has 0 aromatic carbocycles. The molecule has 0 amide bonds. The zero-order chi connectivity index (χ0) is 14.9. The highest BCUT2D eigenvalue weighted by molar-refractivity contribution is 6.00. The molecule has 2 rings (SSSR count). The lowest BCUT2D eigenvalue weighted by Crippen LogP contribution is -2.22. The first kappa shape index (κ1) is 16.4. The lowest BCUT2D eigenvalue weighted by atomic mass is 10.1. The van der Waals surface area contributed by atoms with Crippen LogP contribution in [0.15, 0.2) is 0 Å². The predicted molar refractivity (Wildman–Crippen MR) is 76.7 cm³/mol. The fourth-order valence-electron chi connectivity index (χ4n) is 2.78. The Morgan fingerprint density at radius 1 is 1.10 bits per heavy atom. The molecule has 1 heterocycles. The molecule has 1 saturated carbocycles. The second-order valence-corrected chi connectivity index (χ2v) is 5.81. The summed E-state index contributed by atoms with van der Waals surface area (Å²) in [5, 5.41) is 0. The minimum atomic E-state index is -0.489. The molecule has 0 aromatic rings. The van der Waals surface area contributed by atoms with Crippen molar-refractivity contribution in [3.8, 4) is 0 Å². The van der Waals surface area contributed by atoms with Gasteiger partial charge in [0, 0.05) is 19.6 Å². The zero-order valence-electron chi connectivity index (χ0n) is 12.7. The van der Waals surface area contributed by atoms with Crippen LogP contribution >= 0.6 is 0 Å². The Bertz CT molecular complexity index is 336. The lowest BCUT2D eigenvalue weighted by Gasteiger charge is -2.22. The van der Waals surface area contributed by atoms with Crippen molar-refractivity contribution >= 4 is 11.8 Å². The molecule has 0 aromatic heterocycles. The first-order chi connectivity index (χ1) is 10.3. The predicted octanol–water partition coefficient (Wildman–Crippen LogP) is 2.61. The molecular weight excluding hydrogens is 272 g/mol. The number of carbonyl (C=O) groups excluding carboxylic acids is 2. The molecule has 1 aliphatic heterocycles. The third kappa shape index (κ3) is 5.75. The number of unbranched alkanes of at least 4 members (excludes halogenated alkanes) is 2. The van der Waals surface area contributed by atoms with Crippen molar-refractivity contribution in [3.05, 3.63) is 0 Å². The van der Waals surface area contributed by atoms with Gasteiger partial charge in [-0.25, -0.2) is 0 Å². The van der Waals surface area contributed by atoms with Gasteiger partial charge in [0.05, 0.1) is 6.61 Å². The number of Topliss-reactive ketones (excluding diaryl/α,β-unsaturated/α-hetero) is 1. The number of esters is 1. The van der Waals surface area contributed by atoms with Gasteiger partial charge < -0.3 is 14.2 Å². The van der Waals surface area contributed by atoms with Gasteiger partial charge in [-0.2, -0.15) is 0 Å². The van der Waals surface area contributed by atoms with Crippen molar-refractivity contribution in [2.24, 2.45) is 5.92 Å². The number of carbonyl (C=O) groups is 2. The zero-order valence-corrected chi connectivity index (χ0v) is 12.7. The van der Waals surface area contributed by atoms with Gasteiger partial charge in [-0.3, -0.25) is 9.59 Å². The summed E-state index contributed by atoms with van der Waals surface area (Å²) in [5.41, 5.74) is 0. The normalized spacial score (nSPS) is 26.0. The summed E-state index contributed by atoms with van der Waals surface area (Å²) in [6.07, 6.45) is 8.01. The molecule has 2 atom stereocenters. The topological polar surface area (TPSA) is 61.8 Å². The Balaban J connectivity index is 1.43. The van der Waals surface area contributed by atoms with E-state index in [0.29, 0.717) is 26.1 Å². The molecule has 0 bridgehead atoms. The average molecular weight is 298 g/mol. The molecule has 0 radical (unpaired) electrons. The van der Waals surface area contributed by atoms with Crippen molar-refractivity contribution in [2.45, 2.75) is 64.1 Å². The summed E-state index contributed by atoms with van der Waals surface area (Å²) in [4.78, 5) is 23.1. The second kappa shape index (κ2) is 9.15. The fraction of sp³-hybridized carbons (Fsp3) is 0.875. The van der Waals surface area contributed by atoms with Gasteiger partial charge >= 0.3 is 5.97 Å². The quantitative estimate of drug-likeness (QED) is 0.391. The molecule has 21 heavy (non-hydrogen) atoms. The maximum atomic E-state index is 11.7. The monoisotopic (exact) mass is 298 g/mol. The van der Waals surface area contributed by atoms with Crippen molar-refractivity contribution in [2.75, 3.05) is 19.8 Å². The summed E-state index contributed by atoms with van der Waals surface area (Å²) in [5.74, 6) is -0.776. The molecule has 5 heteroatoms. The van der Waals surface area contributed by atoms with E-state index < -0.39 is 5.92 Å². The number of ether oxygens (including phenoxy) is 3. The van der Waals surface area contributed by atoms with E-state index in [2.05, 4.69) is 0 Å². The van der Waals surface area contributed by atoms with Crippen LogP contribution < -0.4 is 0 Å². The molecule has 2 fully saturated rings. The largest absolute Gasteiger partial charge is 0.465 e. The van der Waals surface area contributed by atoms with Crippen LogP contribution in [-0.4, -0.2) is 37.9 Å². The SMILES string of the molecule is O=C1CCCC1C(=O)OCCCCCOC1CCCCO1. The average Bonchev–Trinajstić information content (AvgIpc) is 2.93. The van der Waals surface area contributed by atoms with Gasteiger partial charge in [-0.15, -0.1) is 0 Å². The molecule has 1 aliphatic carbocycles. The van der Waals surface area contributed by atoms with Crippen LogP contribution in [0.1, 0.15) is 57.8 Å². The van der Waals surface area contributed by atoms with Crippen LogP contribution in [-0.2, 0) is 23.8 Å². The molecule has 120 valence electrons. The van der Waals surface area contributed by atoms with Crippen molar-refractivity contribution in [1.29, 1.82) is 0 Å². The minimum absolute atomic E-state index is 0.0232. The van der Waals surface area contributed by atoms with Gasteiger partial charge in [0.1, 0.15) is 11.7 Å². The molecule has 2 aliphatic rings. The van der Waals surface area contributed by atoms with Gasteiger partial charge in [-0.05, 0) is 51.4 Å².